The first-order valence-electron chi connectivity index (χ1n) is 13.8. The number of sulfonamides is 1. The average molecular weight is 621 g/mol. The van der Waals surface area contributed by atoms with Crippen molar-refractivity contribution >= 4 is 43.9 Å². The monoisotopic (exact) mass is 620 g/mol. The topological polar surface area (TPSA) is 157 Å². The molecule has 3 aliphatic rings. The fourth-order valence-electron chi connectivity index (χ4n) is 5.92. The van der Waals surface area contributed by atoms with Crippen LogP contribution in [0.4, 0.5) is 14.5 Å². The number of carbonyl (C=O) groups excluding carboxylic acids is 1. The van der Waals surface area contributed by atoms with E-state index in [0.717, 1.165) is 12.8 Å². The van der Waals surface area contributed by atoms with Crippen LogP contribution in [0.5, 0.6) is 0 Å². The molecule has 0 spiro atoms. The van der Waals surface area contributed by atoms with Gasteiger partial charge < -0.3 is 14.9 Å². The third-order valence-corrected chi connectivity index (χ3v) is 10.6. The van der Waals surface area contributed by atoms with Gasteiger partial charge in [-0.3, -0.25) is 9.48 Å². The summed E-state index contributed by atoms with van der Waals surface area (Å²) in [5.74, 6) is -0.0674. The zero-order valence-corrected chi connectivity index (χ0v) is 24.6. The van der Waals surface area contributed by atoms with Crippen LogP contribution in [-0.4, -0.2) is 81.6 Å². The molecule has 2 aromatic heterocycles. The molecule has 2 saturated heterocycles. The molecule has 2 bridgehead atoms. The van der Waals surface area contributed by atoms with E-state index >= 15 is 0 Å². The molecule has 1 aromatic carbocycles. The van der Waals surface area contributed by atoms with E-state index < -0.39 is 27.0 Å². The number of aliphatic hydroxyl groups is 1. The lowest BCUT2D eigenvalue weighted by atomic mass is 10.1. The van der Waals surface area contributed by atoms with Crippen LogP contribution in [0.25, 0.3) is 21.6 Å². The fraction of sp³-hybridized carbons (Fsp3) is 0.577. The highest BCUT2D eigenvalue weighted by atomic mass is 32.2. The van der Waals surface area contributed by atoms with E-state index in [-0.39, 0.29) is 52.7 Å². The van der Waals surface area contributed by atoms with Crippen LogP contribution in [0.2, 0.25) is 0 Å². The fourth-order valence-corrected chi connectivity index (χ4v) is 8.11. The predicted octanol–water partition coefficient (Wildman–Crippen LogP) is 2.65. The van der Waals surface area contributed by atoms with E-state index in [9.17, 15) is 32.4 Å². The van der Waals surface area contributed by atoms with Crippen LogP contribution in [-0.2, 0) is 21.4 Å². The van der Waals surface area contributed by atoms with Gasteiger partial charge >= 0.3 is 0 Å². The van der Waals surface area contributed by atoms with Crippen molar-refractivity contribution in [1.29, 1.82) is 5.26 Å². The Balaban J connectivity index is 1.51. The van der Waals surface area contributed by atoms with E-state index in [2.05, 4.69) is 14.9 Å². The first kappa shape index (κ1) is 28.8. The van der Waals surface area contributed by atoms with Gasteiger partial charge in [0.05, 0.1) is 29.8 Å². The van der Waals surface area contributed by atoms with Crippen molar-refractivity contribution in [3.8, 4) is 16.8 Å². The van der Waals surface area contributed by atoms with Gasteiger partial charge in [-0.05, 0) is 37.8 Å². The molecular weight excluding hydrogens is 590 g/mol. The van der Waals surface area contributed by atoms with Crippen LogP contribution < -0.4 is 9.62 Å². The van der Waals surface area contributed by atoms with Gasteiger partial charge in [-0.1, -0.05) is 25.2 Å². The van der Waals surface area contributed by atoms with Crippen molar-refractivity contribution in [1.82, 2.24) is 29.6 Å². The molecule has 2 N–H and O–H groups in total. The molecule has 2 aliphatic heterocycles. The van der Waals surface area contributed by atoms with Crippen molar-refractivity contribution in [2.45, 2.75) is 75.0 Å². The molecule has 42 heavy (non-hydrogen) atoms. The maximum absolute atomic E-state index is 13.6. The molecule has 3 fully saturated rings. The Bertz CT molecular complexity index is 1680. The van der Waals surface area contributed by atoms with E-state index in [4.69, 9.17) is 5.10 Å². The second kappa shape index (κ2) is 10.5. The zero-order valence-electron chi connectivity index (χ0n) is 23.0. The summed E-state index contributed by atoms with van der Waals surface area (Å²) in [5, 5.41) is 31.5. The summed E-state index contributed by atoms with van der Waals surface area (Å²) in [6.45, 7) is 4.35. The van der Waals surface area contributed by atoms with Crippen molar-refractivity contribution in [2.24, 2.45) is 5.92 Å². The second-order valence-electron chi connectivity index (χ2n) is 11.4. The first-order chi connectivity index (χ1) is 20.0. The number of alkyl halides is 2. The highest BCUT2D eigenvalue weighted by Crippen LogP contribution is 2.42. The summed E-state index contributed by atoms with van der Waals surface area (Å²) in [5.41, 5.74) is 0.0146. The highest BCUT2D eigenvalue weighted by molar-refractivity contribution is 7.89. The SMILES string of the molecule is CC(C)C(=O)N1C2CCC1CN(c1cc(S(=O)(=O)NC3(C#N)CC3)cc3c(-c4nnc(C(F)F)s4)n(CCO)nc13)C2. The molecular formula is C26H30F2N8O4S2. The Hall–Kier alpha value is -3.26. The van der Waals surface area contributed by atoms with Crippen LogP contribution in [0.15, 0.2) is 17.0 Å². The second-order valence-corrected chi connectivity index (χ2v) is 14.1. The number of hydrogen-bond donors (Lipinski definition) is 2. The van der Waals surface area contributed by atoms with Gasteiger partial charge in [0, 0.05) is 36.5 Å². The van der Waals surface area contributed by atoms with E-state index in [1.54, 1.807) is 0 Å². The number of benzene rings is 1. The zero-order chi connectivity index (χ0) is 30.0. The van der Waals surface area contributed by atoms with Crippen molar-refractivity contribution < 1.29 is 27.1 Å². The van der Waals surface area contributed by atoms with Gasteiger partial charge in [0.1, 0.15) is 16.7 Å². The first-order valence-corrected chi connectivity index (χ1v) is 16.1. The van der Waals surface area contributed by atoms with Crippen LogP contribution in [0.3, 0.4) is 0 Å². The lowest BCUT2D eigenvalue weighted by molar-refractivity contribution is -0.137. The number of nitrogens with zero attached hydrogens (tertiary/aromatic N) is 7. The number of nitrogens with one attached hydrogen (secondary N) is 1. The summed E-state index contributed by atoms with van der Waals surface area (Å²) >= 11 is 0.668. The van der Waals surface area contributed by atoms with Crippen LogP contribution in [0.1, 0.15) is 51.0 Å². The van der Waals surface area contributed by atoms with Crippen LogP contribution >= 0.6 is 11.3 Å². The summed E-state index contributed by atoms with van der Waals surface area (Å²) < 4.78 is 58.1. The highest BCUT2D eigenvalue weighted by Gasteiger charge is 2.47. The molecule has 1 saturated carbocycles. The minimum atomic E-state index is -4.18. The standard InChI is InChI=1S/C26H30F2N8O4S2/c1-14(2)25(38)36-15-3-4-16(36)12-34(11-15)19-10-17(42(39,40)33-26(13-29)5-6-26)9-18-20(19)32-35(7-8-37)21(18)23-30-31-24(41-23)22(27)28/h9-10,14-16,22,33,37H,3-8,11-12H2,1-2H3. The van der Waals surface area contributed by atoms with E-state index in [1.807, 2.05) is 29.7 Å². The molecule has 16 heteroatoms. The van der Waals surface area contributed by atoms with Crippen LogP contribution in [0, 0.1) is 17.2 Å². The minimum Gasteiger partial charge on any atom is -0.394 e. The molecule has 2 unspecified atom stereocenters. The number of aromatic nitrogens is 4. The Kier molecular flexibility index (Phi) is 7.19. The molecule has 6 rings (SSSR count). The van der Waals surface area contributed by atoms with Crippen molar-refractivity contribution in [3.05, 3.63) is 17.1 Å². The molecule has 12 nitrogen and oxygen atoms in total. The third-order valence-electron chi connectivity index (χ3n) is 8.11. The lowest BCUT2D eigenvalue weighted by Crippen LogP contribution is -2.56. The Labute approximate surface area is 245 Å². The van der Waals surface area contributed by atoms with Gasteiger partial charge in [0.2, 0.25) is 15.9 Å². The molecule has 3 aromatic rings. The summed E-state index contributed by atoms with van der Waals surface area (Å²) in [7, 11) is -4.18. The average Bonchev–Trinajstić information content (AvgIpc) is 3.24. The number of amides is 1. The number of nitriles is 1. The Morgan fingerprint density at radius 2 is 1.93 bits per heavy atom. The quantitative estimate of drug-likeness (QED) is 0.367. The number of hydrogen-bond acceptors (Lipinski definition) is 10. The van der Waals surface area contributed by atoms with Gasteiger partial charge in [0.25, 0.3) is 6.43 Å². The molecule has 0 radical (unpaired) electrons. The van der Waals surface area contributed by atoms with Crippen molar-refractivity contribution in [2.75, 3.05) is 24.6 Å². The Morgan fingerprint density at radius 1 is 1.24 bits per heavy atom. The van der Waals surface area contributed by atoms with Gasteiger partial charge in [0.15, 0.2) is 10.0 Å². The number of carbonyl (C=O) groups is 1. The number of piperazine rings is 1. The van der Waals surface area contributed by atoms with E-state index in [1.165, 1.54) is 16.8 Å². The van der Waals surface area contributed by atoms with Gasteiger partial charge in [-0.2, -0.15) is 15.1 Å². The summed E-state index contributed by atoms with van der Waals surface area (Å²) in [6.07, 6.45) is -0.410. The molecule has 4 heterocycles. The maximum Gasteiger partial charge on any atom is 0.291 e. The number of halogens is 2. The molecule has 2 atom stereocenters. The maximum atomic E-state index is 13.6. The Morgan fingerprint density at radius 3 is 2.48 bits per heavy atom. The number of aliphatic hydroxyl groups excluding tert-OH is 1. The lowest BCUT2D eigenvalue weighted by Gasteiger charge is -2.43. The third kappa shape index (κ3) is 4.91. The molecule has 1 amide bonds. The predicted molar refractivity (Wildman–Crippen MR) is 149 cm³/mol. The summed E-state index contributed by atoms with van der Waals surface area (Å²) in [4.78, 5) is 16.8. The van der Waals surface area contributed by atoms with E-state index in [0.29, 0.717) is 53.9 Å². The summed E-state index contributed by atoms with van der Waals surface area (Å²) in [6, 6.07) is 4.84. The minimum absolute atomic E-state index is 0.00679. The smallest absolute Gasteiger partial charge is 0.291 e. The molecule has 224 valence electrons. The number of rotatable bonds is 9. The largest absolute Gasteiger partial charge is 0.394 e. The number of anilines is 1. The van der Waals surface area contributed by atoms with Crippen molar-refractivity contribution in [3.63, 3.8) is 0 Å². The normalized spacial score (nSPS) is 21.5. The van der Waals surface area contributed by atoms with Gasteiger partial charge in [-0.25, -0.2) is 17.2 Å². The van der Waals surface area contributed by atoms with Gasteiger partial charge in [-0.15, -0.1) is 10.2 Å². The molecule has 1 aliphatic carbocycles. The number of fused-ring (bicyclic) bond motifs is 3.